The summed E-state index contributed by atoms with van der Waals surface area (Å²) in [5.41, 5.74) is 2.61. The Labute approximate surface area is 163 Å². The van der Waals surface area contributed by atoms with Crippen LogP contribution in [0.3, 0.4) is 0 Å². The molecule has 0 bridgehead atoms. The van der Waals surface area contributed by atoms with Gasteiger partial charge in [0.15, 0.2) is 0 Å². The molecule has 1 fully saturated rings. The predicted octanol–water partition coefficient (Wildman–Crippen LogP) is -0.659. The number of benzene rings is 1. The molecule has 1 aliphatic rings. The Morgan fingerprint density at radius 1 is 1.25 bits per heavy atom. The third-order valence-electron chi connectivity index (χ3n) is 4.39. The number of carbonyl (C=O) groups excluding carboxylic acids is 3. The minimum atomic E-state index is -0.932. The molecule has 2 atom stereocenters. The van der Waals surface area contributed by atoms with Gasteiger partial charge in [-0.2, -0.15) is 0 Å². The van der Waals surface area contributed by atoms with Gasteiger partial charge in [-0.3, -0.25) is 19.6 Å². The molecule has 146 valence electrons. The molecule has 0 unspecified atom stereocenters. The lowest BCUT2D eigenvalue weighted by Gasteiger charge is -2.32. The lowest BCUT2D eigenvalue weighted by molar-refractivity contribution is -0.131. The summed E-state index contributed by atoms with van der Waals surface area (Å²) >= 11 is 0. The lowest BCUT2D eigenvalue weighted by atomic mass is 10.0. The standard InChI is InChI=1S/C20H22N4O4/c1-14(21-2)18(20(27)23-28)22-19(26)17-9-7-15(8-10-17)5-3-4-6-16-11-24(12-16)13-25/h7-10,13-14,16,18,21,28H,11-12H2,1-2H3,(H,22,26)(H,23,27)/t14-,18+/m1/s1. The monoisotopic (exact) mass is 382 g/mol. The largest absolute Gasteiger partial charge is 0.343 e. The van der Waals surface area contributed by atoms with Crippen LogP contribution in [0.25, 0.3) is 0 Å². The quantitative estimate of drug-likeness (QED) is 0.226. The number of likely N-dealkylation sites (N-methyl/N-ethyl adjacent to an activating group) is 1. The van der Waals surface area contributed by atoms with Gasteiger partial charge >= 0.3 is 0 Å². The van der Waals surface area contributed by atoms with Crippen molar-refractivity contribution in [2.45, 2.75) is 19.0 Å². The Balaban J connectivity index is 1.95. The number of likely N-dealkylation sites (tertiary alicyclic amines) is 1. The first-order chi connectivity index (χ1) is 13.5. The van der Waals surface area contributed by atoms with Crippen molar-refractivity contribution in [3.63, 3.8) is 0 Å². The summed E-state index contributed by atoms with van der Waals surface area (Å²) < 4.78 is 0. The SMILES string of the molecule is CN[C@H](C)[C@H](NC(=O)c1ccc(C#CC#CC2CN(C=O)C2)cc1)C(=O)NO. The zero-order chi connectivity index (χ0) is 20.5. The van der Waals surface area contributed by atoms with E-state index in [0.717, 1.165) is 6.41 Å². The van der Waals surface area contributed by atoms with Gasteiger partial charge in [-0.05, 0) is 50.1 Å². The van der Waals surface area contributed by atoms with Crippen molar-refractivity contribution < 1.29 is 19.6 Å². The Kier molecular flexibility index (Phi) is 7.58. The van der Waals surface area contributed by atoms with E-state index in [-0.39, 0.29) is 12.0 Å². The highest BCUT2D eigenvalue weighted by molar-refractivity contribution is 5.97. The predicted molar refractivity (Wildman–Crippen MR) is 102 cm³/mol. The van der Waals surface area contributed by atoms with Crippen LogP contribution in [0.4, 0.5) is 0 Å². The second-order valence-corrected chi connectivity index (χ2v) is 6.36. The third-order valence-corrected chi connectivity index (χ3v) is 4.39. The van der Waals surface area contributed by atoms with Gasteiger partial charge in [0.05, 0.1) is 5.92 Å². The van der Waals surface area contributed by atoms with Crippen LogP contribution in [0, 0.1) is 29.6 Å². The van der Waals surface area contributed by atoms with Gasteiger partial charge in [-0.1, -0.05) is 11.8 Å². The van der Waals surface area contributed by atoms with Crippen LogP contribution in [-0.4, -0.2) is 60.6 Å². The normalized spacial score (nSPS) is 14.9. The highest BCUT2D eigenvalue weighted by atomic mass is 16.5. The molecular formula is C20H22N4O4. The van der Waals surface area contributed by atoms with E-state index in [9.17, 15) is 14.4 Å². The van der Waals surface area contributed by atoms with E-state index in [1.165, 1.54) is 0 Å². The number of carbonyl (C=O) groups is 3. The highest BCUT2D eigenvalue weighted by Gasteiger charge is 2.26. The van der Waals surface area contributed by atoms with E-state index in [1.807, 2.05) is 0 Å². The molecule has 0 spiro atoms. The molecule has 4 N–H and O–H groups in total. The molecule has 1 saturated heterocycles. The smallest absolute Gasteiger partial charge is 0.267 e. The summed E-state index contributed by atoms with van der Waals surface area (Å²) in [6.45, 7) is 2.99. The molecule has 0 radical (unpaired) electrons. The second-order valence-electron chi connectivity index (χ2n) is 6.36. The van der Waals surface area contributed by atoms with Gasteiger partial charge in [-0.25, -0.2) is 5.48 Å². The number of nitrogens with one attached hydrogen (secondary N) is 3. The van der Waals surface area contributed by atoms with E-state index in [4.69, 9.17) is 5.21 Å². The summed E-state index contributed by atoms with van der Waals surface area (Å²) in [7, 11) is 1.65. The van der Waals surface area contributed by atoms with Crippen LogP contribution < -0.4 is 16.1 Å². The maximum absolute atomic E-state index is 12.3. The zero-order valence-electron chi connectivity index (χ0n) is 15.7. The molecule has 1 aromatic rings. The molecule has 0 saturated carbocycles. The summed E-state index contributed by atoms with van der Waals surface area (Å²) in [6, 6.07) is 5.25. The van der Waals surface area contributed by atoms with Crippen molar-refractivity contribution >= 4 is 18.2 Å². The van der Waals surface area contributed by atoms with Crippen molar-refractivity contribution in [3.8, 4) is 23.7 Å². The number of hydrogen-bond acceptors (Lipinski definition) is 5. The van der Waals surface area contributed by atoms with Gasteiger partial charge < -0.3 is 15.5 Å². The van der Waals surface area contributed by atoms with E-state index in [2.05, 4.69) is 34.3 Å². The maximum Gasteiger partial charge on any atom is 0.267 e. The molecule has 8 nitrogen and oxygen atoms in total. The van der Waals surface area contributed by atoms with Crippen LogP contribution >= 0.6 is 0 Å². The first kappa shape index (κ1) is 21.0. The van der Waals surface area contributed by atoms with Crippen molar-refractivity contribution in [1.29, 1.82) is 0 Å². The fourth-order valence-electron chi connectivity index (χ4n) is 2.51. The van der Waals surface area contributed by atoms with Gasteiger partial charge in [0.1, 0.15) is 6.04 Å². The summed E-state index contributed by atoms with van der Waals surface area (Å²) in [6.07, 6.45) is 0.805. The average Bonchev–Trinajstić information content (AvgIpc) is 2.69. The van der Waals surface area contributed by atoms with Crippen molar-refractivity contribution in [2.24, 2.45) is 5.92 Å². The molecule has 2 rings (SSSR count). The number of nitrogens with zero attached hydrogens (tertiary/aromatic N) is 1. The fraction of sp³-hybridized carbons (Fsp3) is 0.350. The van der Waals surface area contributed by atoms with Crippen LogP contribution in [0.2, 0.25) is 0 Å². The third kappa shape index (κ3) is 5.58. The van der Waals surface area contributed by atoms with Gasteiger partial charge in [0.2, 0.25) is 6.41 Å². The lowest BCUT2D eigenvalue weighted by Crippen LogP contribution is -2.55. The molecule has 0 aliphatic carbocycles. The van der Waals surface area contributed by atoms with Crippen LogP contribution in [-0.2, 0) is 9.59 Å². The maximum atomic E-state index is 12.3. The molecule has 1 heterocycles. The molecule has 1 aliphatic heterocycles. The molecule has 3 amide bonds. The van der Waals surface area contributed by atoms with E-state index in [0.29, 0.717) is 24.2 Å². The second kappa shape index (κ2) is 10.1. The van der Waals surface area contributed by atoms with Crippen LogP contribution in [0.15, 0.2) is 24.3 Å². The van der Waals surface area contributed by atoms with E-state index < -0.39 is 17.9 Å². The number of hydroxylamine groups is 1. The Morgan fingerprint density at radius 3 is 2.50 bits per heavy atom. The van der Waals surface area contributed by atoms with Crippen LogP contribution in [0.1, 0.15) is 22.8 Å². The number of amides is 3. The van der Waals surface area contributed by atoms with Gasteiger partial charge in [-0.15, -0.1) is 0 Å². The van der Waals surface area contributed by atoms with Crippen molar-refractivity contribution in [2.75, 3.05) is 20.1 Å². The summed E-state index contributed by atoms with van der Waals surface area (Å²) in [4.78, 5) is 36.2. The zero-order valence-corrected chi connectivity index (χ0v) is 15.7. The average molecular weight is 382 g/mol. The first-order valence-corrected chi connectivity index (χ1v) is 8.71. The topological polar surface area (TPSA) is 111 Å². The van der Waals surface area contributed by atoms with Crippen LogP contribution in [0.5, 0.6) is 0 Å². The van der Waals surface area contributed by atoms with Crippen molar-refractivity contribution in [3.05, 3.63) is 35.4 Å². The first-order valence-electron chi connectivity index (χ1n) is 8.71. The van der Waals surface area contributed by atoms with Gasteiger partial charge in [0.25, 0.3) is 11.8 Å². The molecular weight excluding hydrogens is 360 g/mol. The molecule has 28 heavy (non-hydrogen) atoms. The summed E-state index contributed by atoms with van der Waals surface area (Å²) in [5.74, 6) is 10.4. The van der Waals surface area contributed by atoms with Crippen molar-refractivity contribution in [1.82, 2.24) is 21.0 Å². The van der Waals surface area contributed by atoms with E-state index in [1.54, 1.807) is 48.6 Å². The van der Waals surface area contributed by atoms with Gasteiger partial charge in [0, 0.05) is 30.3 Å². The minimum Gasteiger partial charge on any atom is -0.343 e. The summed E-state index contributed by atoms with van der Waals surface area (Å²) in [5, 5.41) is 14.3. The molecule has 8 heteroatoms. The Bertz CT molecular complexity index is 839. The Hall–Kier alpha value is -3.33. The number of hydrogen-bond donors (Lipinski definition) is 4. The molecule has 1 aromatic carbocycles. The van der Waals surface area contributed by atoms with E-state index >= 15 is 0 Å². The highest BCUT2D eigenvalue weighted by Crippen LogP contribution is 2.10. The molecule has 0 aromatic heterocycles. The fourth-order valence-corrected chi connectivity index (χ4v) is 2.51. The Morgan fingerprint density at radius 2 is 1.93 bits per heavy atom. The minimum absolute atomic E-state index is 0.176. The number of rotatable bonds is 6.